The third kappa shape index (κ3) is 3.93. The minimum atomic E-state index is -0.935. The number of carbonyl (C=O) groups excluding carboxylic acids is 1. The molecule has 0 spiro atoms. The van der Waals surface area contributed by atoms with Crippen LogP contribution in [0.25, 0.3) is 0 Å². The van der Waals surface area contributed by atoms with Crippen molar-refractivity contribution in [3.8, 4) is 12.3 Å². The molecule has 1 amide bonds. The number of amides is 1. The molecule has 1 aromatic carbocycles. The van der Waals surface area contributed by atoms with Crippen LogP contribution in [-0.4, -0.2) is 24.0 Å². The highest BCUT2D eigenvalue weighted by atomic mass is 32.2. The molecule has 0 fully saturated rings. The quantitative estimate of drug-likeness (QED) is 0.486. The SMILES string of the molecule is C#CCSCCNC(=O)c1cc(N)c(F)cc1F. The fourth-order valence-electron chi connectivity index (χ4n) is 1.20. The molecule has 6 heteroatoms. The lowest BCUT2D eigenvalue weighted by Crippen LogP contribution is -2.27. The van der Waals surface area contributed by atoms with Crippen LogP contribution in [0.1, 0.15) is 10.4 Å². The number of halogens is 2. The normalized spacial score (nSPS) is 9.83. The Bertz CT molecular complexity index is 486. The van der Waals surface area contributed by atoms with Crippen molar-refractivity contribution >= 4 is 23.4 Å². The summed E-state index contributed by atoms with van der Waals surface area (Å²) in [4.78, 5) is 11.6. The Morgan fingerprint density at radius 2 is 2.17 bits per heavy atom. The summed E-state index contributed by atoms with van der Waals surface area (Å²) in [5, 5.41) is 2.50. The van der Waals surface area contributed by atoms with E-state index in [2.05, 4.69) is 11.2 Å². The van der Waals surface area contributed by atoms with Crippen LogP contribution >= 0.6 is 11.8 Å². The second-order valence-corrected chi connectivity index (χ2v) is 4.47. The zero-order chi connectivity index (χ0) is 13.5. The Morgan fingerprint density at radius 3 is 2.83 bits per heavy atom. The molecule has 0 saturated carbocycles. The lowest BCUT2D eigenvalue weighted by molar-refractivity contribution is 0.0952. The monoisotopic (exact) mass is 270 g/mol. The molecule has 1 rings (SSSR count). The van der Waals surface area contributed by atoms with E-state index in [0.717, 1.165) is 6.07 Å². The molecule has 0 aliphatic carbocycles. The Morgan fingerprint density at radius 1 is 1.44 bits per heavy atom. The van der Waals surface area contributed by atoms with E-state index in [0.29, 0.717) is 24.1 Å². The van der Waals surface area contributed by atoms with Gasteiger partial charge in [0.2, 0.25) is 0 Å². The Hall–Kier alpha value is -1.74. The van der Waals surface area contributed by atoms with Crippen LogP contribution in [0, 0.1) is 24.0 Å². The van der Waals surface area contributed by atoms with Gasteiger partial charge in [-0.3, -0.25) is 4.79 Å². The number of terminal acetylenes is 1. The number of thioether (sulfide) groups is 1. The van der Waals surface area contributed by atoms with Crippen molar-refractivity contribution in [2.24, 2.45) is 0 Å². The van der Waals surface area contributed by atoms with Crippen molar-refractivity contribution in [1.82, 2.24) is 5.32 Å². The second kappa shape index (κ2) is 6.87. The highest BCUT2D eigenvalue weighted by Crippen LogP contribution is 2.16. The lowest BCUT2D eigenvalue weighted by Gasteiger charge is -2.07. The van der Waals surface area contributed by atoms with E-state index < -0.39 is 17.5 Å². The number of nitrogens with one attached hydrogen (secondary N) is 1. The van der Waals surface area contributed by atoms with Crippen molar-refractivity contribution in [1.29, 1.82) is 0 Å². The Kier molecular flexibility index (Phi) is 5.46. The third-order valence-corrected chi connectivity index (χ3v) is 2.91. The third-order valence-electron chi connectivity index (χ3n) is 2.05. The molecule has 96 valence electrons. The van der Waals surface area contributed by atoms with Gasteiger partial charge in [0.15, 0.2) is 0 Å². The van der Waals surface area contributed by atoms with E-state index in [1.165, 1.54) is 11.8 Å². The van der Waals surface area contributed by atoms with Crippen LogP contribution in [0.5, 0.6) is 0 Å². The highest BCUT2D eigenvalue weighted by molar-refractivity contribution is 7.99. The smallest absolute Gasteiger partial charge is 0.254 e. The van der Waals surface area contributed by atoms with Gasteiger partial charge in [0.1, 0.15) is 11.6 Å². The van der Waals surface area contributed by atoms with Gasteiger partial charge < -0.3 is 11.1 Å². The summed E-state index contributed by atoms with van der Waals surface area (Å²) in [7, 11) is 0. The Balaban J connectivity index is 2.57. The molecule has 0 bridgehead atoms. The fourth-order valence-corrected chi connectivity index (χ4v) is 1.71. The van der Waals surface area contributed by atoms with Crippen LogP contribution in [0.2, 0.25) is 0 Å². The topological polar surface area (TPSA) is 55.1 Å². The predicted octanol–water partition coefficient (Wildman–Crippen LogP) is 1.64. The average Bonchev–Trinajstić information content (AvgIpc) is 2.33. The molecule has 3 nitrogen and oxygen atoms in total. The van der Waals surface area contributed by atoms with E-state index >= 15 is 0 Å². The second-order valence-electron chi connectivity index (χ2n) is 3.37. The maximum atomic E-state index is 13.3. The molecule has 0 aromatic heterocycles. The summed E-state index contributed by atoms with van der Waals surface area (Å²) in [5.41, 5.74) is 4.75. The van der Waals surface area contributed by atoms with E-state index in [9.17, 15) is 13.6 Å². The number of anilines is 1. The number of carbonyl (C=O) groups is 1. The average molecular weight is 270 g/mol. The van der Waals surface area contributed by atoms with E-state index in [4.69, 9.17) is 12.2 Å². The van der Waals surface area contributed by atoms with Crippen molar-refractivity contribution in [2.45, 2.75) is 0 Å². The van der Waals surface area contributed by atoms with Crippen LogP contribution < -0.4 is 11.1 Å². The zero-order valence-corrected chi connectivity index (χ0v) is 10.3. The van der Waals surface area contributed by atoms with Crippen LogP contribution in [-0.2, 0) is 0 Å². The molecular weight excluding hydrogens is 258 g/mol. The molecule has 3 N–H and O–H groups in total. The largest absolute Gasteiger partial charge is 0.396 e. The summed E-state index contributed by atoms with van der Waals surface area (Å²) < 4.78 is 26.2. The van der Waals surface area contributed by atoms with Gasteiger partial charge in [-0.25, -0.2) is 8.78 Å². The lowest BCUT2D eigenvalue weighted by atomic mass is 10.1. The van der Waals surface area contributed by atoms with E-state index in [1.807, 2.05) is 0 Å². The van der Waals surface area contributed by atoms with E-state index in [1.54, 1.807) is 0 Å². The molecule has 0 saturated heterocycles. The fraction of sp³-hybridized carbons (Fsp3) is 0.250. The first-order valence-electron chi connectivity index (χ1n) is 5.10. The standard InChI is InChI=1S/C12H12F2N2OS/c1-2-4-18-5-3-16-12(17)8-6-11(15)10(14)7-9(8)13/h1,6-7H,3-5,15H2,(H,16,17). The van der Waals surface area contributed by atoms with E-state index in [-0.39, 0.29) is 11.3 Å². The van der Waals surface area contributed by atoms with Gasteiger partial charge in [-0.2, -0.15) is 0 Å². The van der Waals surface area contributed by atoms with Crippen LogP contribution in [0.15, 0.2) is 12.1 Å². The number of hydrogen-bond acceptors (Lipinski definition) is 3. The van der Waals surface area contributed by atoms with Crippen molar-refractivity contribution in [3.63, 3.8) is 0 Å². The highest BCUT2D eigenvalue weighted by Gasteiger charge is 2.14. The van der Waals surface area contributed by atoms with Gasteiger partial charge in [0, 0.05) is 18.4 Å². The summed E-state index contributed by atoms with van der Waals surface area (Å²) >= 11 is 1.47. The van der Waals surface area contributed by atoms with Crippen molar-refractivity contribution < 1.29 is 13.6 Å². The number of rotatable bonds is 5. The summed E-state index contributed by atoms with van der Waals surface area (Å²) in [6, 6.07) is 1.58. The minimum absolute atomic E-state index is 0.261. The van der Waals surface area contributed by atoms with Gasteiger partial charge in [0.05, 0.1) is 17.0 Å². The number of hydrogen-bond donors (Lipinski definition) is 2. The molecule has 0 aliphatic heterocycles. The first-order valence-corrected chi connectivity index (χ1v) is 6.25. The van der Waals surface area contributed by atoms with Crippen molar-refractivity contribution in [2.75, 3.05) is 23.8 Å². The van der Waals surface area contributed by atoms with Crippen LogP contribution in [0.3, 0.4) is 0 Å². The maximum Gasteiger partial charge on any atom is 0.254 e. The zero-order valence-electron chi connectivity index (χ0n) is 9.50. The number of nitrogen functional groups attached to an aromatic ring is 1. The molecule has 1 aromatic rings. The predicted molar refractivity (Wildman–Crippen MR) is 69.3 cm³/mol. The number of benzene rings is 1. The first-order chi connectivity index (χ1) is 8.56. The molecule has 0 aliphatic rings. The molecular formula is C12H12F2N2OS. The molecule has 0 atom stereocenters. The molecule has 0 radical (unpaired) electrons. The molecule has 18 heavy (non-hydrogen) atoms. The Labute approximate surface area is 108 Å². The van der Waals surface area contributed by atoms with Gasteiger partial charge in [0.25, 0.3) is 5.91 Å². The summed E-state index contributed by atoms with van der Waals surface area (Å²) in [5.74, 6) is 1.17. The molecule has 0 unspecified atom stereocenters. The van der Waals surface area contributed by atoms with Crippen LogP contribution in [0.4, 0.5) is 14.5 Å². The number of nitrogens with two attached hydrogens (primary N) is 1. The minimum Gasteiger partial charge on any atom is -0.396 e. The first kappa shape index (κ1) is 14.3. The summed E-state index contributed by atoms with van der Waals surface area (Å²) in [6.07, 6.45) is 5.06. The van der Waals surface area contributed by atoms with Gasteiger partial charge >= 0.3 is 0 Å². The van der Waals surface area contributed by atoms with Gasteiger partial charge in [-0.05, 0) is 6.07 Å². The maximum absolute atomic E-state index is 13.3. The van der Waals surface area contributed by atoms with Gasteiger partial charge in [-0.15, -0.1) is 18.2 Å². The molecule has 0 heterocycles. The summed E-state index contributed by atoms with van der Waals surface area (Å²) in [6.45, 7) is 0.349. The van der Waals surface area contributed by atoms with Crippen molar-refractivity contribution in [3.05, 3.63) is 29.3 Å². The van der Waals surface area contributed by atoms with Gasteiger partial charge in [-0.1, -0.05) is 5.92 Å².